The van der Waals surface area contributed by atoms with E-state index in [0.717, 1.165) is 55.3 Å². The zero-order chi connectivity index (χ0) is 16.9. The molecule has 1 aliphatic rings. The van der Waals surface area contributed by atoms with Gasteiger partial charge in [0.05, 0.1) is 18.5 Å². The van der Waals surface area contributed by atoms with Gasteiger partial charge in [0.1, 0.15) is 11.3 Å². The average molecular weight is 349 g/mol. The zero-order valence-electron chi connectivity index (χ0n) is 13.9. The van der Waals surface area contributed by atoms with E-state index in [1.54, 1.807) is 23.9 Å². The van der Waals surface area contributed by atoms with Crippen LogP contribution in [0.25, 0.3) is 10.6 Å². The molecule has 1 saturated heterocycles. The first-order valence-corrected chi connectivity index (χ1v) is 9.19. The molecule has 1 aliphatic heterocycles. The summed E-state index contributed by atoms with van der Waals surface area (Å²) in [6.45, 7) is 5.78. The van der Waals surface area contributed by atoms with Crippen molar-refractivity contribution in [1.29, 1.82) is 0 Å². The Hall–Kier alpha value is -1.70. The van der Waals surface area contributed by atoms with Gasteiger partial charge in [-0.15, -0.1) is 11.3 Å². The van der Waals surface area contributed by atoms with Gasteiger partial charge >= 0.3 is 5.97 Å². The number of rotatable bonds is 7. The number of likely N-dealkylation sites (N-methyl/N-ethyl adjacent to an activating group) is 1. The summed E-state index contributed by atoms with van der Waals surface area (Å²) < 4.78 is 5.11. The maximum atomic E-state index is 11.0. The number of carbonyl (C=O) groups is 1. The molecule has 0 radical (unpaired) electrons. The minimum atomic E-state index is -0.742. The molecule has 2 aromatic rings. The fourth-order valence-corrected chi connectivity index (χ4v) is 4.04. The van der Waals surface area contributed by atoms with Crippen molar-refractivity contribution in [2.75, 3.05) is 26.2 Å². The van der Waals surface area contributed by atoms with Gasteiger partial charge in [-0.2, -0.15) is 0 Å². The summed E-state index contributed by atoms with van der Waals surface area (Å²) in [5.41, 5.74) is 2.12. The first-order chi connectivity index (χ1) is 11.7. The summed E-state index contributed by atoms with van der Waals surface area (Å²) in [5.74, 6) is -0.742. The number of aliphatic carboxylic acids is 1. The quantitative estimate of drug-likeness (QED) is 0.829. The van der Waals surface area contributed by atoms with E-state index in [1.807, 2.05) is 13.0 Å². The van der Waals surface area contributed by atoms with Gasteiger partial charge < -0.3 is 9.52 Å². The van der Waals surface area contributed by atoms with Crippen molar-refractivity contribution >= 4 is 17.3 Å². The first kappa shape index (κ1) is 17.1. The van der Waals surface area contributed by atoms with E-state index < -0.39 is 5.97 Å². The Morgan fingerprint density at radius 2 is 2.29 bits per heavy atom. The lowest BCUT2D eigenvalue weighted by atomic mass is 10.0. The van der Waals surface area contributed by atoms with Crippen LogP contribution in [-0.2, 0) is 11.3 Å². The molecule has 3 rings (SSSR count). The standard InChI is InChI=1S/C17H23N3O3S/c1-2-20(10-16(21)22)15-3-6-19(7-4-15)9-14-12-24-17(18-14)13-5-8-23-11-13/h5,8,11-12,15H,2-4,6-7,9-10H2,1H3,(H,21,22). The fraction of sp³-hybridized carbons (Fsp3) is 0.529. The summed E-state index contributed by atoms with van der Waals surface area (Å²) in [6.07, 6.45) is 5.41. The van der Waals surface area contributed by atoms with Crippen molar-refractivity contribution in [3.8, 4) is 10.6 Å². The van der Waals surface area contributed by atoms with E-state index in [0.29, 0.717) is 6.04 Å². The van der Waals surface area contributed by atoms with Crippen LogP contribution in [0, 0.1) is 0 Å². The normalized spacial score (nSPS) is 16.8. The Kier molecular flexibility index (Phi) is 5.65. The molecule has 0 spiro atoms. The van der Waals surface area contributed by atoms with Gasteiger partial charge in [0.25, 0.3) is 0 Å². The molecule has 2 aromatic heterocycles. The third-order valence-electron chi connectivity index (χ3n) is 4.52. The number of piperidine rings is 1. The number of likely N-dealkylation sites (tertiary alicyclic amines) is 1. The SMILES string of the molecule is CCN(CC(=O)O)C1CCN(Cc2csc(-c3ccoc3)n2)CC1. The minimum Gasteiger partial charge on any atom is -0.480 e. The molecule has 0 bridgehead atoms. The highest BCUT2D eigenvalue weighted by molar-refractivity contribution is 7.13. The highest BCUT2D eigenvalue weighted by Crippen LogP contribution is 2.25. The van der Waals surface area contributed by atoms with Gasteiger partial charge in [-0.25, -0.2) is 4.98 Å². The van der Waals surface area contributed by atoms with E-state index >= 15 is 0 Å². The van der Waals surface area contributed by atoms with Crippen molar-refractivity contribution in [3.05, 3.63) is 29.7 Å². The molecule has 0 aromatic carbocycles. The maximum Gasteiger partial charge on any atom is 0.317 e. The topological polar surface area (TPSA) is 69.8 Å². The Morgan fingerprint density at radius 1 is 1.50 bits per heavy atom. The number of hydrogen-bond acceptors (Lipinski definition) is 6. The van der Waals surface area contributed by atoms with E-state index in [9.17, 15) is 4.79 Å². The third-order valence-corrected chi connectivity index (χ3v) is 5.46. The molecule has 0 aliphatic carbocycles. The number of nitrogens with zero attached hydrogens (tertiary/aromatic N) is 3. The van der Waals surface area contributed by atoms with Crippen molar-refractivity contribution in [3.63, 3.8) is 0 Å². The number of carboxylic acids is 1. The lowest BCUT2D eigenvalue weighted by molar-refractivity contribution is -0.139. The van der Waals surface area contributed by atoms with Gasteiger partial charge in [-0.3, -0.25) is 14.6 Å². The van der Waals surface area contributed by atoms with E-state index in [2.05, 4.69) is 20.2 Å². The molecular formula is C17H23N3O3S. The summed E-state index contributed by atoms with van der Waals surface area (Å²) in [6, 6.07) is 2.30. The van der Waals surface area contributed by atoms with Crippen molar-refractivity contribution in [1.82, 2.24) is 14.8 Å². The molecule has 0 amide bonds. The lowest BCUT2D eigenvalue weighted by Gasteiger charge is -2.37. The lowest BCUT2D eigenvalue weighted by Crippen LogP contribution is -2.46. The van der Waals surface area contributed by atoms with Crippen LogP contribution < -0.4 is 0 Å². The Balaban J connectivity index is 1.51. The van der Waals surface area contributed by atoms with Crippen LogP contribution >= 0.6 is 11.3 Å². The predicted molar refractivity (Wildman–Crippen MR) is 93.0 cm³/mol. The molecule has 0 unspecified atom stereocenters. The molecule has 6 nitrogen and oxygen atoms in total. The molecular weight excluding hydrogens is 326 g/mol. The highest BCUT2D eigenvalue weighted by atomic mass is 32.1. The predicted octanol–water partition coefficient (Wildman–Crippen LogP) is 2.77. The summed E-state index contributed by atoms with van der Waals surface area (Å²) in [5, 5.41) is 12.1. The van der Waals surface area contributed by atoms with Gasteiger partial charge in [-0.1, -0.05) is 6.92 Å². The van der Waals surface area contributed by atoms with Gasteiger partial charge in [-0.05, 0) is 25.5 Å². The molecule has 3 heterocycles. The third kappa shape index (κ3) is 4.23. The van der Waals surface area contributed by atoms with Crippen molar-refractivity contribution < 1.29 is 14.3 Å². The Bertz CT molecular complexity index is 648. The van der Waals surface area contributed by atoms with Crippen LogP contribution in [0.4, 0.5) is 0 Å². The van der Waals surface area contributed by atoms with Crippen molar-refractivity contribution in [2.24, 2.45) is 0 Å². The fourth-order valence-electron chi connectivity index (χ4n) is 3.24. The second-order valence-corrected chi connectivity index (χ2v) is 6.98. The van der Waals surface area contributed by atoms with Crippen LogP contribution in [0.1, 0.15) is 25.5 Å². The smallest absolute Gasteiger partial charge is 0.317 e. The molecule has 0 saturated carbocycles. The molecule has 1 fully saturated rings. The van der Waals surface area contributed by atoms with Gasteiger partial charge in [0, 0.05) is 36.6 Å². The molecule has 7 heteroatoms. The second kappa shape index (κ2) is 7.92. The van der Waals surface area contributed by atoms with Crippen LogP contribution in [0.2, 0.25) is 0 Å². The Morgan fingerprint density at radius 3 is 2.92 bits per heavy atom. The largest absolute Gasteiger partial charge is 0.480 e. The van der Waals surface area contributed by atoms with Crippen LogP contribution in [0.15, 0.2) is 28.4 Å². The number of furan rings is 1. The number of carboxylic acid groups (broad SMARTS) is 1. The maximum absolute atomic E-state index is 11.0. The van der Waals surface area contributed by atoms with Crippen LogP contribution in [0.5, 0.6) is 0 Å². The minimum absolute atomic E-state index is 0.140. The first-order valence-electron chi connectivity index (χ1n) is 8.31. The average Bonchev–Trinajstić information content (AvgIpc) is 3.24. The van der Waals surface area contributed by atoms with Crippen molar-refractivity contribution in [2.45, 2.75) is 32.4 Å². The number of aromatic nitrogens is 1. The summed E-state index contributed by atoms with van der Waals surface area (Å²) in [4.78, 5) is 20.1. The highest BCUT2D eigenvalue weighted by Gasteiger charge is 2.25. The van der Waals surface area contributed by atoms with E-state index in [4.69, 9.17) is 9.52 Å². The number of thiazole rings is 1. The number of hydrogen-bond donors (Lipinski definition) is 1. The second-order valence-electron chi connectivity index (χ2n) is 6.12. The van der Waals surface area contributed by atoms with Gasteiger partial charge in [0.2, 0.25) is 0 Å². The summed E-state index contributed by atoms with van der Waals surface area (Å²) in [7, 11) is 0. The summed E-state index contributed by atoms with van der Waals surface area (Å²) >= 11 is 1.64. The molecule has 130 valence electrons. The molecule has 24 heavy (non-hydrogen) atoms. The van der Waals surface area contributed by atoms with E-state index in [1.165, 1.54) is 0 Å². The van der Waals surface area contributed by atoms with Crippen LogP contribution in [-0.4, -0.2) is 58.1 Å². The van der Waals surface area contributed by atoms with E-state index in [-0.39, 0.29) is 6.54 Å². The Labute approximate surface area is 145 Å². The van der Waals surface area contributed by atoms with Gasteiger partial charge in [0.15, 0.2) is 0 Å². The molecule has 1 N–H and O–H groups in total. The molecule has 0 atom stereocenters. The monoisotopic (exact) mass is 349 g/mol. The zero-order valence-corrected chi connectivity index (χ0v) is 14.7. The van der Waals surface area contributed by atoms with Crippen LogP contribution in [0.3, 0.4) is 0 Å².